The maximum Gasteiger partial charge on any atom is 0.264 e. The number of hydrogen-bond acceptors (Lipinski definition) is 5. The van der Waals surface area contributed by atoms with Gasteiger partial charge in [-0.15, -0.1) is 0 Å². The first-order valence-corrected chi connectivity index (χ1v) is 6.95. The summed E-state index contributed by atoms with van der Waals surface area (Å²) in [6.07, 6.45) is 1.83. The Kier molecular flexibility index (Phi) is 5.12. The third-order valence-corrected chi connectivity index (χ3v) is 3.15. The molecule has 0 saturated carbocycles. The van der Waals surface area contributed by atoms with E-state index in [4.69, 9.17) is 9.26 Å². The summed E-state index contributed by atoms with van der Waals surface area (Å²) in [4.78, 5) is 4.29. The van der Waals surface area contributed by atoms with Crippen LogP contribution in [0.4, 0.5) is 0 Å². The number of benzene rings is 1. The van der Waals surface area contributed by atoms with Crippen LogP contribution in [0.3, 0.4) is 0 Å². The van der Waals surface area contributed by atoms with E-state index in [1.54, 1.807) is 0 Å². The van der Waals surface area contributed by atoms with Gasteiger partial charge in [0, 0.05) is 18.0 Å². The number of aromatic nitrogens is 2. The highest BCUT2D eigenvalue weighted by molar-refractivity contribution is 5.35. The molecule has 20 heavy (non-hydrogen) atoms. The topological polar surface area (TPSA) is 60.2 Å². The van der Waals surface area contributed by atoms with E-state index in [1.165, 1.54) is 0 Å². The van der Waals surface area contributed by atoms with Crippen molar-refractivity contribution in [2.24, 2.45) is 0 Å². The predicted molar refractivity (Wildman–Crippen MR) is 76.5 cm³/mol. The Morgan fingerprint density at radius 3 is 2.90 bits per heavy atom. The first-order valence-electron chi connectivity index (χ1n) is 6.95. The number of hydrogen-bond donors (Lipinski definition) is 1. The lowest BCUT2D eigenvalue weighted by Gasteiger charge is -2.15. The van der Waals surface area contributed by atoms with Crippen LogP contribution in [0, 0.1) is 0 Å². The van der Waals surface area contributed by atoms with E-state index < -0.39 is 0 Å². The summed E-state index contributed by atoms with van der Waals surface area (Å²) in [5, 5.41) is 7.12. The van der Waals surface area contributed by atoms with Gasteiger partial charge in [-0.25, -0.2) is 0 Å². The van der Waals surface area contributed by atoms with Gasteiger partial charge in [0.2, 0.25) is 0 Å². The van der Waals surface area contributed by atoms with Crippen LogP contribution >= 0.6 is 0 Å². The molecule has 0 aliphatic heterocycles. The zero-order valence-corrected chi connectivity index (χ0v) is 12.2. The average molecular weight is 275 g/mol. The van der Waals surface area contributed by atoms with E-state index in [0.29, 0.717) is 12.5 Å². The Hall–Kier alpha value is -1.88. The standard InChI is InChI=1S/C15H21N3O2/c1-4-7-14-17-15(20-18-14)10-19-13-9-6-5-8-12(13)11(2)16-3/h5-6,8-9,11,16H,4,7,10H2,1-3H3. The van der Waals surface area contributed by atoms with Gasteiger partial charge in [-0.1, -0.05) is 30.3 Å². The van der Waals surface area contributed by atoms with Crippen molar-refractivity contribution in [3.63, 3.8) is 0 Å². The maximum atomic E-state index is 5.80. The summed E-state index contributed by atoms with van der Waals surface area (Å²) in [5.41, 5.74) is 1.11. The van der Waals surface area contributed by atoms with E-state index in [9.17, 15) is 0 Å². The molecule has 0 amide bonds. The summed E-state index contributed by atoms with van der Waals surface area (Å²) in [5.74, 6) is 2.09. The highest BCUT2D eigenvalue weighted by Gasteiger charge is 2.11. The van der Waals surface area contributed by atoms with Crippen molar-refractivity contribution in [1.29, 1.82) is 0 Å². The highest BCUT2D eigenvalue weighted by Crippen LogP contribution is 2.25. The molecule has 1 heterocycles. The summed E-state index contributed by atoms with van der Waals surface area (Å²) in [6, 6.07) is 8.18. The second-order valence-corrected chi connectivity index (χ2v) is 4.69. The molecule has 0 radical (unpaired) electrons. The number of rotatable bonds is 7. The molecule has 1 unspecified atom stereocenters. The SMILES string of the molecule is CCCc1noc(COc2ccccc2C(C)NC)n1. The molecule has 5 nitrogen and oxygen atoms in total. The van der Waals surface area contributed by atoms with Gasteiger partial charge >= 0.3 is 0 Å². The fraction of sp³-hybridized carbons (Fsp3) is 0.467. The minimum Gasteiger partial charge on any atom is -0.483 e. The summed E-state index contributed by atoms with van der Waals surface area (Å²) in [6.45, 7) is 4.47. The molecule has 1 aromatic heterocycles. The van der Waals surface area contributed by atoms with Gasteiger partial charge in [-0.05, 0) is 26.5 Å². The Morgan fingerprint density at radius 2 is 2.15 bits per heavy atom. The lowest BCUT2D eigenvalue weighted by molar-refractivity contribution is 0.239. The summed E-state index contributed by atoms with van der Waals surface area (Å²) < 4.78 is 11.0. The fourth-order valence-electron chi connectivity index (χ4n) is 1.94. The number of para-hydroxylation sites is 1. The number of nitrogens with zero attached hydrogens (tertiary/aromatic N) is 2. The third kappa shape index (κ3) is 3.57. The van der Waals surface area contributed by atoms with Crippen molar-refractivity contribution < 1.29 is 9.26 Å². The average Bonchev–Trinajstić information content (AvgIpc) is 2.93. The lowest BCUT2D eigenvalue weighted by Crippen LogP contribution is -2.13. The Bertz CT molecular complexity index is 539. The van der Waals surface area contributed by atoms with Crippen molar-refractivity contribution >= 4 is 0 Å². The van der Waals surface area contributed by atoms with Gasteiger partial charge in [-0.2, -0.15) is 4.98 Å². The van der Waals surface area contributed by atoms with Gasteiger partial charge in [-0.3, -0.25) is 0 Å². The van der Waals surface area contributed by atoms with E-state index in [1.807, 2.05) is 31.3 Å². The number of aryl methyl sites for hydroxylation is 1. The molecule has 2 aromatic rings. The zero-order valence-electron chi connectivity index (χ0n) is 12.2. The Balaban J connectivity index is 2.02. The third-order valence-electron chi connectivity index (χ3n) is 3.15. The van der Waals surface area contributed by atoms with E-state index in [0.717, 1.165) is 30.0 Å². The van der Waals surface area contributed by atoms with Crippen LogP contribution < -0.4 is 10.1 Å². The Labute approximate surface area is 119 Å². The van der Waals surface area contributed by atoms with Crippen molar-refractivity contribution in [3.8, 4) is 5.75 Å². The molecule has 0 saturated heterocycles. The molecule has 1 aromatic carbocycles. The van der Waals surface area contributed by atoms with Crippen LogP contribution in [0.15, 0.2) is 28.8 Å². The van der Waals surface area contributed by atoms with Crippen molar-refractivity contribution in [2.75, 3.05) is 7.05 Å². The first-order chi connectivity index (χ1) is 9.74. The molecule has 1 N–H and O–H groups in total. The lowest BCUT2D eigenvalue weighted by atomic mass is 10.1. The smallest absolute Gasteiger partial charge is 0.264 e. The van der Waals surface area contributed by atoms with Gasteiger partial charge in [0.25, 0.3) is 5.89 Å². The maximum absolute atomic E-state index is 5.80. The van der Waals surface area contributed by atoms with Gasteiger partial charge in [0.15, 0.2) is 12.4 Å². The minimum absolute atomic E-state index is 0.226. The Morgan fingerprint density at radius 1 is 1.35 bits per heavy atom. The zero-order chi connectivity index (χ0) is 14.4. The molecular formula is C15H21N3O2. The van der Waals surface area contributed by atoms with Gasteiger partial charge in [0.05, 0.1) is 0 Å². The largest absolute Gasteiger partial charge is 0.483 e. The fourth-order valence-corrected chi connectivity index (χ4v) is 1.94. The molecule has 0 bridgehead atoms. The molecule has 2 rings (SSSR count). The van der Waals surface area contributed by atoms with Crippen LogP contribution in [0.1, 0.15) is 43.6 Å². The van der Waals surface area contributed by atoms with Crippen LogP contribution in [0.25, 0.3) is 0 Å². The molecule has 1 atom stereocenters. The first kappa shape index (κ1) is 14.5. The van der Waals surface area contributed by atoms with Crippen molar-refractivity contribution in [2.45, 2.75) is 39.3 Å². The van der Waals surface area contributed by atoms with E-state index >= 15 is 0 Å². The van der Waals surface area contributed by atoms with Gasteiger partial charge < -0.3 is 14.6 Å². The monoisotopic (exact) mass is 275 g/mol. The summed E-state index contributed by atoms with van der Waals surface area (Å²) >= 11 is 0. The van der Waals surface area contributed by atoms with Crippen LogP contribution in [0.2, 0.25) is 0 Å². The van der Waals surface area contributed by atoms with Crippen LogP contribution in [0.5, 0.6) is 5.75 Å². The molecule has 0 aliphatic rings. The van der Waals surface area contributed by atoms with Crippen LogP contribution in [-0.2, 0) is 13.0 Å². The second kappa shape index (κ2) is 7.05. The normalized spacial score (nSPS) is 12.3. The minimum atomic E-state index is 0.226. The van der Waals surface area contributed by atoms with Crippen LogP contribution in [-0.4, -0.2) is 17.2 Å². The number of nitrogens with one attached hydrogen (secondary N) is 1. The summed E-state index contributed by atoms with van der Waals surface area (Å²) in [7, 11) is 1.93. The van der Waals surface area contributed by atoms with Crippen molar-refractivity contribution in [3.05, 3.63) is 41.5 Å². The van der Waals surface area contributed by atoms with E-state index in [-0.39, 0.29) is 6.04 Å². The highest BCUT2D eigenvalue weighted by atomic mass is 16.5. The van der Waals surface area contributed by atoms with Crippen molar-refractivity contribution in [1.82, 2.24) is 15.5 Å². The molecule has 0 aliphatic carbocycles. The second-order valence-electron chi connectivity index (χ2n) is 4.69. The quantitative estimate of drug-likeness (QED) is 0.842. The van der Waals surface area contributed by atoms with Gasteiger partial charge in [0.1, 0.15) is 5.75 Å². The molecule has 108 valence electrons. The molecule has 5 heteroatoms. The number of ether oxygens (including phenoxy) is 1. The molecule has 0 spiro atoms. The van der Waals surface area contributed by atoms with E-state index in [2.05, 4.69) is 29.3 Å². The molecular weight excluding hydrogens is 254 g/mol. The molecule has 0 fully saturated rings. The predicted octanol–water partition coefficient (Wildman–Crippen LogP) is 2.88.